The maximum absolute atomic E-state index is 5.96. The van der Waals surface area contributed by atoms with Crippen molar-refractivity contribution in [3.63, 3.8) is 0 Å². The Bertz CT molecular complexity index is 777. The fourth-order valence-corrected chi connectivity index (χ4v) is 2.24. The van der Waals surface area contributed by atoms with Crippen molar-refractivity contribution in [2.75, 3.05) is 5.73 Å². The van der Waals surface area contributed by atoms with E-state index in [0.717, 1.165) is 5.56 Å². The van der Waals surface area contributed by atoms with E-state index in [2.05, 4.69) is 31.0 Å². The van der Waals surface area contributed by atoms with Crippen LogP contribution in [0.15, 0.2) is 34.7 Å². The molecule has 0 atom stereocenters. The molecule has 0 bridgehead atoms. The summed E-state index contributed by atoms with van der Waals surface area (Å²) in [7, 11) is 0. The lowest BCUT2D eigenvalue weighted by molar-refractivity contribution is 0.621. The highest BCUT2D eigenvalue weighted by molar-refractivity contribution is 6.31. The van der Waals surface area contributed by atoms with Crippen LogP contribution in [-0.4, -0.2) is 4.98 Å². The zero-order valence-electron chi connectivity index (χ0n) is 10.7. The van der Waals surface area contributed by atoms with Gasteiger partial charge < -0.3 is 10.2 Å². The summed E-state index contributed by atoms with van der Waals surface area (Å²) >= 11 is 5.96. The van der Waals surface area contributed by atoms with E-state index in [0.29, 0.717) is 27.7 Å². The van der Waals surface area contributed by atoms with Gasteiger partial charge >= 0.3 is 0 Å². The molecule has 0 aliphatic heterocycles. The van der Waals surface area contributed by atoms with E-state index in [1.54, 1.807) is 12.1 Å². The van der Waals surface area contributed by atoms with Gasteiger partial charge in [-0.1, -0.05) is 17.7 Å². The molecule has 2 aromatic carbocycles. The fourth-order valence-electron chi connectivity index (χ4n) is 2.02. The molecule has 2 N–H and O–H groups in total. The highest BCUT2D eigenvalue weighted by atomic mass is 35.5. The Morgan fingerprint density at radius 1 is 1.11 bits per heavy atom. The summed E-state index contributed by atoms with van der Waals surface area (Å²) in [6.45, 7) is 4.13. The number of aryl methyl sites for hydroxylation is 2. The lowest BCUT2D eigenvalue weighted by Crippen LogP contribution is -1.84. The van der Waals surface area contributed by atoms with Crippen LogP contribution in [-0.2, 0) is 0 Å². The van der Waals surface area contributed by atoms with Gasteiger partial charge in [0.05, 0.1) is 5.69 Å². The third-order valence-corrected chi connectivity index (χ3v) is 3.46. The Labute approximate surface area is 116 Å². The Balaban J connectivity index is 2.20. The second-order valence-corrected chi connectivity index (χ2v) is 5.10. The van der Waals surface area contributed by atoms with E-state index in [9.17, 15) is 0 Å². The van der Waals surface area contributed by atoms with Gasteiger partial charge in [-0.15, -0.1) is 0 Å². The van der Waals surface area contributed by atoms with Crippen molar-refractivity contribution in [2.24, 2.45) is 0 Å². The Hall–Kier alpha value is -2.00. The van der Waals surface area contributed by atoms with Crippen LogP contribution in [0.25, 0.3) is 22.6 Å². The van der Waals surface area contributed by atoms with Crippen LogP contribution in [0.1, 0.15) is 11.1 Å². The van der Waals surface area contributed by atoms with Crippen LogP contribution in [0, 0.1) is 13.8 Å². The number of aromatic nitrogens is 1. The van der Waals surface area contributed by atoms with Gasteiger partial charge in [-0.05, 0) is 49.2 Å². The maximum atomic E-state index is 5.96. The zero-order chi connectivity index (χ0) is 13.6. The van der Waals surface area contributed by atoms with Gasteiger partial charge in [-0.3, -0.25) is 0 Å². The van der Waals surface area contributed by atoms with Crippen molar-refractivity contribution in [1.29, 1.82) is 0 Å². The molecule has 0 saturated heterocycles. The lowest BCUT2D eigenvalue weighted by atomic mass is 10.1. The summed E-state index contributed by atoms with van der Waals surface area (Å²) in [5.41, 5.74) is 11.0. The lowest BCUT2D eigenvalue weighted by Gasteiger charge is -2.01. The first-order valence-corrected chi connectivity index (χ1v) is 6.35. The average Bonchev–Trinajstić information content (AvgIpc) is 2.76. The number of anilines is 1. The second kappa shape index (κ2) is 4.28. The van der Waals surface area contributed by atoms with Gasteiger partial charge in [0.2, 0.25) is 5.89 Å². The Morgan fingerprint density at radius 2 is 1.89 bits per heavy atom. The SMILES string of the molecule is Cc1ccc(-c2nc3cc(Cl)cc(N)c3o2)cc1C. The first kappa shape index (κ1) is 12.1. The topological polar surface area (TPSA) is 52.0 Å². The minimum absolute atomic E-state index is 0.505. The van der Waals surface area contributed by atoms with Crippen molar-refractivity contribution in [3.8, 4) is 11.5 Å². The van der Waals surface area contributed by atoms with E-state index in [4.69, 9.17) is 21.8 Å². The normalized spacial score (nSPS) is 11.1. The summed E-state index contributed by atoms with van der Waals surface area (Å²) in [6, 6.07) is 9.51. The average molecular weight is 273 g/mol. The Morgan fingerprint density at radius 3 is 2.63 bits per heavy atom. The molecule has 96 valence electrons. The van der Waals surface area contributed by atoms with Crippen LogP contribution >= 0.6 is 11.6 Å². The van der Waals surface area contributed by atoms with Gasteiger partial charge in [0.25, 0.3) is 0 Å². The van der Waals surface area contributed by atoms with E-state index in [-0.39, 0.29) is 0 Å². The minimum atomic E-state index is 0.505. The second-order valence-electron chi connectivity index (χ2n) is 4.66. The number of fused-ring (bicyclic) bond motifs is 1. The zero-order valence-corrected chi connectivity index (χ0v) is 11.5. The minimum Gasteiger partial charge on any atom is -0.434 e. The molecule has 0 radical (unpaired) electrons. The molecule has 0 aliphatic carbocycles. The van der Waals surface area contributed by atoms with Crippen LogP contribution in [0.5, 0.6) is 0 Å². The predicted octanol–water partition coefficient (Wildman–Crippen LogP) is 4.35. The Kier molecular flexibility index (Phi) is 2.72. The first-order valence-electron chi connectivity index (χ1n) is 5.98. The third kappa shape index (κ3) is 2.06. The third-order valence-electron chi connectivity index (χ3n) is 3.24. The molecule has 0 aliphatic rings. The molecule has 19 heavy (non-hydrogen) atoms. The standard InChI is InChI=1S/C15H13ClN2O/c1-8-3-4-10(5-9(8)2)15-18-13-7-11(16)6-12(17)14(13)19-15/h3-7H,17H2,1-2H3. The first-order chi connectivity index (χ1) is 9.04. The largest absolute Gasteiger partial charge is 0.434 e. The van der Waals surface area contributed by atoms with Crippen LogP contribution < -0.4 is 5.73 Å². The number of benzene rings is 2. The van der Waals surface area contributed by atoms with Crippen LogP contribution in [0.3, 0.4) is 0 Å². The molecule has 3 nitrogen and oxygen atoms in total. The summed E-state index contributed by atoms with van der Waals surface area (Å²) in [6.07, 6.45) is 0. The van der Waals surface area contributed by atoms with Gasteiger partial charge in [-0.2, -0.15) is 0 Å². The van der Waals surface area contributed by atoms with Crippen molar-refractivity contribution < 1.29 is 4.42 Å². The summed E-state index contributed by atoms with van der Waals surface area (Å²) in [4.78, 5) is 4.44. The van der Waals surface area contributed by atoms with E-state index in [1.807, 2.05) is 6.07 Å². The van der Waals surface area contributed by atoms with E-state index < -0.39 is 0 Å². The number of nitrogen functional groups attached to an aromatic ring is 1. The number of nitrogens with zero attached hydrogens (tertiary/aromatic N) is 1. The van der Waals surface area contributed by atoms with E-state index in [1.165, 1.54) is 11.1 Å². The van der Waals surface area contributed by atoms with Gasteiger partial charge in [0.1, 0.15) is 5.52 Å². The van der Waals surface area contributed by atoms with Crippen molar-refractivity contribution in [3.05, 3.63) is 46.5 Å². The molecule has 0 amide bonds. The molecule has 0 fully saturated rings. The van der Waals surface area contributed by atoms with Gasteiger partial charge in [-0.25, -0.2) is 4.98 Å². The highest BCUT2D eigenvalue weighted by Gasteiger charge is 2.12. The predicted molar refractivity (Wildman–Crippen MR) is 78.3 cm³/mol. The smallest absolute Gasteiger partial charge is 0.227 e. The number of nitrogens with two attached hydrogens (primary N) is 1. The molecule has 0 unspecified atom stereocenters. The molecule has 4 heteroatoms. The molecule has 0 saturated carbocycles. The summed E-state index contributed by atoms with van der Waals surface area (Å²) < 4.78 is 5.74. The quantitative estimate of drug-likeness (QED) is 0.670. The maximum Gasteiger partial charge on any atom is 0.227 e. The highest BCUT2D eigenvalue weighted by Crippen LogP contribution is 2.31. The number of halogens is 1. The van der Waals surface area contributed by atoms with Gasteiger partial charge in [0, 0.05) is 10.6 Å². The summed E-state index contributed by atoms with van der Waals surface area (Å²) in [5.74, 6) is 0.562. The molecular weight excluding hydrogens is 260 g/mol. The fraction of sp³-hybridized carbons (Fsp3) is 0.133. The van der Waals surface area contributed by atoms with Crippen molar-refractivity contribution in [2.45, 2.75) is 13.8 Å². The van der Waals surface area contributed by atoms with Crippen molar-refractivity contribution >= 4 is 28.4 Å². The molecular formula is C15H13ClN2O. The summed E-state index contributed by atoms with van der Waals surface area (Å²) in [5, 5.41) is 0.560. The number of rotatable bonds is 1. The monoisotopic (exact) mass is 272 g/mol. The molecule has 3 rings (SSSR count). The van der Waals surface area contributed by atoms with Gasteiger partial charge in [0.15, 0.2) is 5.58 Å². The number of oxazole rings is 1. The van der Waals surface area contributed by atoms with Crippen molar-refractivity contribution in [1.82, 2.24) is 4.98 Å². The number of hydrogen-bond donors (Lipinski definition) is 1. The molecule has 1 aromatic heterocycles. The number of hydrogen-bond acceptors (Lipinski definition) is 3. The van der Waals surface area contributed by atoms with Crippen LogP contribution in [0.2, 0.25) is 5.02 Å². The van der Waals surface area contributed by atoms with Crippen LogP contribution in [0.4, 0.5) is 5.69 Å². The van der Waals surface area contributed by atoms with E-state index >= 15 is 0 Å². The molecule has 1 heterocycles. The molecule has 0 spiro atoms. The molecule has 3 aromatic rings.